The molecule has 0 bridgehead atoms. The van der Waals surface area contributed by atoms with Crippen LogP contribution in [-0.2, 0) is 0 Å². The van der Waals surface area contributed by atoms with Crippen LogP contribution in [0.3, 0.4) is 0 Å². The van der Waals surface area contributed by atoms with E-state index in [9.17, 15) is 0 Å². The molecule has 0 aliphatic heterocycles. The number of nitrogen functional groups attached to an aromatic ring is 1. The molecular formula is C13H19ClN2S. The number of benzene rings is 1. The fourth-order valence-corrected chi connectivity index (χ4v) is 3.52. The zero-order valence-electron chi connectivity index (χ0n) is 10.1. The van der Waals surface area contributed by atoms with Gasteiger partial charge in [-0.05, 0) is 31.2 Å². The maximum Gasteiger partial charge on any atom is 0.0739 e. The van der Waals surface area contributed by atoms with E-state index in [4.69, 9.17) is 17.3 Å². The van der Waals surface area contributed by atoms with Gasteiger partial charge in [-0.2, -0.15) is 11.8 Å². The third-order valence-electron chi connectivity index (χ3n) is 3.40. The first-order valence-corrected chi connectivity index (χ1v) is 7.72. The normalized spacial score (nSPS) is 24.6. The number of rotatable bonds is 3. The van der Waals surface area contributed by atoms with Crippen molar-refractivity contribution in [2.75, 3.05) is 17.3 Å². The van der Waals surface area contributed by atoms with Crippen molar-refractivity contribution < 1.29 is 0 Å². The number of hydrogen-bond acceptors (Lipinski definition) is 3. The van der Waals surface area contributed by atoms with E-state index in [0.717, 1.165) is 5.69 Å². The molecule has 2 unspecified atom stereocenters. The highest BCUT2D eigenvalue weighted by molar-refractivity contribution is 7.99. The van der Waals surface area contributed by atoms with Crippen LogP contribution >= 0.6 is 23.4 Å². The molecule has 1 aromatic carbocycles. The van der Waals surface area contributed by atoms with Crippen molar-refractivity contribution in [3.8, 4) is 0 Å². The molecule has 17 heavy (non-hydrogen) atoms. The van der Waals surface area contributed by atoms with Gasteiger partial charge in [0, 0.05) is 11.3 Å². The number of hydrogen-bond donors (Lipinski definition) is 2. The summed E-state index contributed by atoms with van der Waals surface area (Å²) in [5.74, 6) is 0. The maximum absolute atomic E-state index is 6.03. The van der Waals surface area contributed by atoms with Crippen LogP contribution in [0.5, 0.6) is 0 Å². The Morgan fingerprint density at radius 1 is 1.35 bits per heavy atom. The maximum atomic E-state index is 6.03. The lowest BCUT2D eigenvalue weighted by Crippen LogP contribution is -2.34. The zero-order valence-corrected chi connectivity index (χ0v) is 11.7. The van der Waals surface area contributed by atoms with E-state index in [-0.39, 0.29) is 0 Å². The Hall–Kier alpha value is -0.540. The van der Waals surface area contributed by atoms with Crippen LogP contribution in [0.2, 0.25) is 5.02 Å². The highest BCUT2D eigenvalue weighted by Gasteiger charge is 2.24. The molecule has 0 amide bonds. The molecule has 1 aliphatic carbocycles. The van der Waals surface area contributed by atoms with E-state index in [0.29, 0.717) is 22.0 Å². The van der Waals surface area contributed by atoms with Crippen LogP contribution in [0.4, 0.5) is 11.4 Å². The average molecular weight is 271 g/mol. The van der Waals surface area contributed by atoms with Gasteiger partial charge in [-0.15, -0.1) is 0 Å². The molecule has 0 radical (unpaired) electrons. The number of nitrogens with two attached hydrogens (primary N) is 1. The molecule has 4 heteroatoms. The molecular weight excluding hydrogens is 252 g/mol. The molecule has 0 aromatic heterocycles. The first-order chi connectivity index (χ1) is 8.22. The molecule has 1 saturated carbocycles. The van der Waals surface area contributed by atoms with Gasteiger partial charge in [-0.3, -0.25) is 0 Å². The summed E-state index contributed by atoms with van der Waals surface area (Å²) in [6.45, 7) is 0. The molecule has 0 saturated heterocycles. The Labute approximate surface area is 112 Å². The molecule has 3 N–H and O–H groups in total. The van der Waals surface area contributed by atoms with Gasteiger partial charge in [0.25, 0.3) is 0 Å². The van der Waals surface area contributed by atoms with E-state index in [2.05, 4.69) is 11.6 Å². The Kier molecular flexibility index (Phi) is 4.46. The topological polar surface area (TPSA) is 38.0 Å². The molecule has 1 aromatic rings. The van der Waals surface area contributed by atoms with Crippen molar-refractivity contribution in [1.82, 2.24) is 0 Å². The summed E-state index contributed by atoms with van der Waals surface area (Å²) in [5, 5.41) is 4.87. The van der Waals surface area contributed by atoms with E-state index in [1.54, 1.807) is 0 Å². The minimum atomic E-state index is 0.513. The minimum absolute atomic E-state index is 0.513. The number of halogens is 1. The number of thioether (sulfide) groups is 1. The average Bonchev–Trinajstić information content (AvgIpc) is 2.35. The summed E-state index contributed by atoms with van der Waals surface area (Å²) in [6.07, 6.45) is 7.34. The number of para-hydroxylation sites is 1. The van der Waals surface area contributed by atoms with Gasteiger partial charge in [0.05, 0.1) is 16.4 Å². The second-order valence-corrected chi connectivity index (χ2v) is 5.99. The van der Waals surface area contributed by atoms with E-state index in [1.807, 2.05) is 30.0 Å². The Morgan fingerprint density at radius 2 is 2.12 bits per heavy atom. The minimum Gasteiger partial charge on any atom is -0.396 e. The predicted molar refractivity (Wildman–Crippen MR) is 79.0 cm³/mol. The lowest BCUT2D eigenvalue weighted by molar-refractivity contribution is 0.475. The van der Waals surface area contributed by atoms with Crippen molar-refractivity contribution in [2.45, 2.75) is 37.0 Å². The first kappa shape index (κ1) is 12.9. The molecule has 0 spiro atoms. The van der Waals surface area contributed by atoms with Gasteiger partial charge in [-0.1, -0.05) is 30.5 Å². The molecule has 0 heterocycles. The second-order valence-electron chi connectivity index (χ2n) is 4.51. The summed E-state index contributed by atoms with van der Waals surface area (Å²) >= 11 is 7.98. The SMILES string of the molecule is CSC1CCCCC1Nc1cccc(Cl)c1N. The van der Waals surface area contributed by atoms with Crippen LogP contribution in [0, 0.1) is 0 Å². The highest BCUT2D eigenvalue weighted by atomic mass is 35.5. The Morgan fingerprint density at radius 3 is 2.88 bits per heavy atom. The third kappa shape index (κ3) is 3.02. The second kappa shape index (κ2) is 5.87. The van der Waals surface area contributed by atoms with Crippen LogP contribution in [0.25, 0.3) is 0 Å². The summed E-state index contributed by atoms with van der Waals surface area (Å²) < 4.78 is 0. The van der Waals surface area contributed by atoms with Crippen molar-refractivity contribution in [1.29, 1.82) is 0 Å². The van der Waals surface area contributed by atoms with Gasteiger partial charge in [0.2, 0.25) is 0 Å². The summed E-state index contributed by atoms with van der Waals surface area (Å²) in [7, 11) is 0. The molecule has 1 aliphatic rings. The monoisotopic (exact) mass is 270 g/mol. The van der Waals surface area contributed by atoms with Crippen LogP contribution in [0.1, 0.15) is 25.7 Å². The summed E-state index contributed by atoms with van der Waals surface area (Å²) in [6, 6.07) is 6.29. The summed E-state index contributed by atoms with van der Waals surface area (Å²) in [5.41, 5.74) is 7.63. The summed E-state index contributed by atoms with van der Waals surface area (Å²) in [4.78, 5) is 0. The van der Waals surface area contributed by atoms with Gasteiger partial charge < -0.3 is 11.1 Å². The quantitative estimate of drug-likeness (QED) is 0.815. The number of nitrogens with one attached hydrogen (secondary N) is 1. The predicted octanol–water partition coefficient (Wildman–Crippen LogP) is 4.01. The fraction of sp³-hybridized carbons (Fsp3) is 0.538. The molecule has 2 rings (SSSR count). The lowest BCUT2D eigenvalue weighted by Gasteiger charge is -2.32. The van der Waals surface area contributed by atoms with Gasteiger partial charge in [0.1, 0.15) is 0 Å². The standard InChI is InChI=1S/C13H19ClN2S/c1-17-12-8-3-2-6-10(12)16-11-7-4-5-9(14)13(11)15/h4-5,7,10,12,16H,2-3,6,8,15H2,1H3. The number of anilines is 2. The van der Waals surface area contributed by atoms with Crippen molar-refractivity contribution in [3.63, 3.8) is 0 Å². The van der Waals surface area contributed by atoms with Gasteiger partial charge in [0.15, 0.2) is 0 Å². The lowest BCUT2D eigenvalue weighted by atomic mass is 9.94. The fourth-order valence-electron chi connectivity index (χ4n) is 2.41. The van der Waals surface area contributed by atoms with Crippen LogP contribution in [-0.4, -0.2) is 17.5 Å². The van der Waals surface area contributed by atoms with Crippen molar-refractivity contribution >= 4 is 34.7 Å². The van der Waals surface area contributed by atoms with Crippen LogP contribution in [0.15, 0.2) is 18.2 Å². The third-order valence-corrected chi connectivity index (χ3v) is 4.90. The van der Waals surface area contributed by atoms with Crippen molar-refractivity contribution in [3.05, 3.63) is 23.2 Å². The molecule has 94 valence electrons. The molecule has 2 nitrogen and oxygen atoms in total. The Bertz CT molecular complexity index is 384. The first-order valence-electron chi connectivity index (χ1n) is 6.05. The smallest absolute Gasteiger partial charge is 0.0739 e. The van der Waals surface area contributed by atoms with Crippen molar-refractivity contribution in [2.24, 2.45) is 0 Å². The Balaban J connectivity index is 2.11. The van der Waals surface area contributed by atoms with E-state index in [1.165, 1.54) is 25.7 Å². The van der Waals surface area contributed by atoms with E-state index >= 15 is 0 Å². The van der Waals surface area contributed by atoms with Gasteiger partial charge in [-0.25, -0.2) is 0 Å². The zero-order chi connectivity index (χ0) is 12.3. The van der Waals surface area contributed by atoms with Crippen LogP contribution < -0.4 is 11.1 Å². The highest BCUT2D eigenvalue weighted by Crippen LogP contribution is 2.33. The largest absolute Gasteiger partial charge is 0.396 e. The molecule has 2 atom stereocenters. The van der Waals surface area contributed by atoms with E-state index < -0.39 is 0 Å². The van der Waals surface area contributed by atoms with Gasteiger partial charge >= 0.3 is 0 Å². The molecule has 1 fully saturated rings.